The number of carbonyl (C=O) groups is 2. The van der Waals surface area contributed by atoms with Crippen molar-refractivity contribution in [2.24, 2.45) is 0 Å². The number of rotatable bonds is 11. The number of thioether (sulfide) groups is 2. The Morgan fingerprint density at radius 1 is 0.871 bits per heavy atom. The Morgan fingerprint density at radius 2 is 1.58 bits per heavy atom. The van der Waals surface area contributed by atoms with Crippen LogP contribution in [0.2, 0.25) is 0 Å². The van der Waals surface area contributed by atoms with Gasteiger partial charge in [0.1, 0.15) is 0 Å². The van der Waals surface area contributed by atoms with E-state index < -0.39 is 11.9 Å². The summed E-state index contributed by atoms with van der Waals surface area (Å²) >= 11 is 3.06. The van der Waals surface area contributed by atoms with Crippen LogP contribution in [0.4, 0.5) is 0 Å². The molecular weight excluding hydrogens is 430 g/mol. The molecule has 0 unspecified atom stereocenters. The summed E-state index contributed by atoms with van der Waals surface area (Å²) in [6.45, 7) is 0. The molecule has 7 heteroatoms. The Labute approximate surface area is 189 Å². The van der Waals surface area contributed by atoms with Crippen LogP contribution in [-0.4, -0.2) is 38.6 Å². The largest absolute Gasteiger partial charge is 0.481 e. The quantitative estimate of drug-likeness (QED) is 0.354. The van der Waals surface area contributed by atoms with Gasteiger partial charge in [-0.05, 0) is 35.4 Å². The van der Waals surface area contributed by atoms with Crippen molar-refractivity contribution in [1.29, 1.82) is 0 Å². The molecule has 0 saturated carbocycles. The molecule has 2 N–H and O–H groups in total. The van der Waals surface area contributed by atoms with Gasteiger partial charge in [-0.25, -0.2) is 4.98 Å². The number of pyridine rings is 1. The molecule has 0 aliphatic rings. The third kappa shape index (κ3) is 7.45. The van der Waals surface area contributed by atoms with Crippen LogP contribution in [0, 0.1) is 0 Å². The molecule has 0 amide bonds. The van der Waals surface area contributed by atoms with Gasteiger partial charge < -0.3 is 10.2 Å². The summed E-state index contributed by atoms with van der Waals surface area (Å²) in [7, 11) is 0. The first kappa shape index (κ1) is 22.9. The number of hydrogen-bond acceptors (Lipinski definition) is 5. The van der Waals surface area contributed by atoms with E-state index in [2.05, 4.69) is 11.1 Å². The molecule has 2 aromatic carbocycles. The molecule has 0 aliphatic carbocycles. The molecule has 3 rings (SSSR count). The predicted molar refractivity (Wildman–Crippen MR) is 129 cm³/mol. The summed E-state index contributed by atoms with van der Waals surface area (Å²) in [6.07, 6.45) is 4.12. The molecule has 0 radical (unpaired) electrons. The first-order chi connectivity index (χ1) is 15.0. The van der Waals surface area contributed by atoms with Crippen molar-refractivity contribution < 1.29 is 19.8 Å². The average Bonchev–Trinajstić information content (AvgIpc) is 2.76. The fourth-order valence-corrected chi connectivity index (χ4v) is 5.57. The van der Waals surface area contributed by atoms with Crippen LogP contribution < -0.4 is 0 Å². The lowest BCUT2D eigenvalue weighted by Crippen LogP contribution is -2.01. The van der Waals surface area contributed by atoms with Crippen molar-refractivity contribution in [3.8, 4) is 0 Å². The van der Waals surface area contributed by atoms with Crippen molar-refractivity contribution in [3.05, 3.63) is 77.5 Å². The number of nitrogens with zero attached hydrogens (tertiary/aromatic N) is 1. The zero-order chi connectivity index (χ0) is 22.1. The number of fused-ring (bicyclic) bond motifs is 1. The first-order valence-corrected chi connectivity index (χ1v) is 11.9. The fourth-order valence-electron chi connectivity index (χ4n) is 2.91. The number of carboxylic acids is 2. The minimum atomic E-state index is -0.832. The normalized spacial score (nSPS) is 11.4. The number of aliphatic carboxylic acids is 2. The Balaban J connectivity index is 1.74. The summed E-state index contributed by atoms with van der Waals surface area (Å²) < 4.78 is -0.0224. The molecule has 5 nitrogen and oxygen atoms in total. The van der Waals surface area contributed by atoms with Gasteiger partial charge in [0, 0.05) is 16.9 Å². The number of aromatic nitrogens is 1. The molecule has 0 bridgehead atoms. The monoisotopic (exact) mass is 453 g/mol. The highest BCUT2D eigenvalue weighted by molar-refractivity contribution is 8.16. The van der Waals surface area contributed by atoms with Crippen molar-refractivity contribution in [1.82, 2.24) is 4.98 Å². The Kier molecular flexibility index (Phi) is 8.55. The second-order valence-corrected chi connectivity index (χ2v) is 9.52. The van der Waals surface area contributed by atoms with Crippen LogP contribution in [0.5, 0.6) is 0 Å². The highest BCUT2D eigenvalue weighted by Crippen LogP contribution is 2.40. The van der Waals surface area contributed by atoms with Gasteiger partial charge in [0.25, 0.3) is 0 Å². The second kappa shape index (κ2) is 11.6. The van der Waals surface area contributed by atoms with Crippen LogP contribution in [0.15, 0.2) is 60.7 Å². The van der Waals surface area contributed by atoms with E-state index in [0.29, 0.717) is 11.5 Å². The molecule has 0 fully saturated rings. The van der Waals surface area contributed by atoms with Gasteiger partial charge in [-0.15, -0.1) is 23.5 Å². The Hall–Kier alpha value is -2.77. The Morgan fingerprint density at radius 3 is 2.29 bits per heavy atom. The van der Waals surface area contributed by atoms with Gasteiger partial charge in [0.05, 0.1) is 28.6 Å². The van der Waals surface area contributed by atoms with Crippen LogP contribution in [0.3, 0.4) is 0 Å². The van der Waals surface area contributed by atoms with Crippen molar-refractivity contribution >= 4 is 58.5 Å². The van der Waals surface area contributed by atoms with Gasteiger partial charge >= 0.3 is 11.9 Å². The lowest BCUT2D eigenvalue weighted by molar-refractivity contribution is -0.137. The summed E-state index contributed by atoms with van der Waals surface area (Å²) in [6, 6.07) is 20.0. The number of carboxylic acid groups (broad SMARTS) is 2. The van der Waals surface area contributed by atoms with Gasteiger partial charge in [-0.3, -0.25) is 9.59 Å². The Bertz CT molecular complexity index is 1060. The van der Waals surface area contributed by atoms with E-state index in [1.165, 1.54) is 23.5 Å². The zero-order valence-corrected chi connectivity index (χ0v) is 18.4. The van der Waals surface area contributed by atoms with Gasteiger partial charge in [0.15, 0.2) is 0 Å². The number of para-hydroxylation sites is 1. The molecule has 1 aromatic heterocycles. The minimum absolute atomic E-state index is 0.0224. The van der Waals surface area contributed by atoms with E-state index in [0.717, 1.165) is 27.7 Å². The molecule has 0 spiro atoms. The van der Waals surface area contributed by atoms with Crippen molar-refractivity contribution in [3.63, 3.8) is 0 Å². The highest BCUT2D eigenvalue weighted by Gasteiger charge is 2.14. The molecule has 3 aromatic rings. The topological polar surface area (TPSA) is 87.5 Å². The van der Waals surface area contributed by atoms with Gasteiger partial charge in [0.2, 0.25) is 0 Å². The third-order valence-corrected chi connectivity index (χ3v) is 7.27. The summed E-state index contributed by atoms with van der Waals surface area (Å²) in [4.78, 5) is 26.4. The van der Waals surface area contributed by atoms with Crippen LogP contribution in [0.1, 0.15) is 34.2 Å². The van der Waals surface area contributed by atoms with E-state index in [1.807, 2.05) is 66.7 Å². The van der Waals surface area contributed by atoms with Crippen LogP contribution in [0.25, 0.3) is 23.1 Å². The molecule has 0 saturated heterocycles. The van der Waals surface area contributed by atoms with Crippen LogP contribution in [-0.2, 0) is 9.59 Å². The third-order valence-electron chi connectivity index (χ3n) is 4.42. The summed E-state index contributed by atoms with van der Waals surface area (Å²) in [5.41, 5.74) is 3.87. The zero-order valence-electron chi connectivity index (χ0n) is 16.8. The highest BCUT2D eigenvalue weighted by atomic mass is 32.2. The maximum Gasteiger partial charge on any atom is 0.304 e. The predicted octanol–water partition coefficient (Wildman–Crippen LogP) is 5.82. The molecule has 31 heavy (non-hydrogen) atoms. The second-order valence-electron chi connectivity index (χ2n) is 6.79. The maximum absolute atomic E-state index is 10.9. The molecule has 0 atom stereocenters. The molecular formula is C24H23NO4S2. The average molecular weight is 454 g/mol. The summed E-state index contributed by atoms with van der Waals surface area (Å²) in [5, 5.41) is 18.9. The maximum atomic E-state index is 10.9. The number of benzene rings is 2. The number of hydrogen-bond donors (Lipinski definition) is 2. The minimum Gasteiger partial charge on any atom is -0.481 e. The van der Waals surface area contributed by atoms with Gasteiger partial charge in [-0.2, -0.15) is 0 Å². The smallest absolute Gasteiger partial charge is 0.304 e. The fraction of sp³-hybridized carbons (Fsp3) is 0.208. The van der Waals surface area contributed by atoms with E-state index in [9.17, 15) is 9.59 Å². The molecule has 0 aliphatic heterocycles. The lowest BCUT2D eigenvalue weighted by Gasteiger charge is -2.16. The van der Waals surface area contributed by atoms with Crippen molar-refractivity contribution in [2.45, 2.75) is 17.4 Å². The van der Waals surface area contributed by atoms with E-state index in [-0.39, 0.29) is 17.4 Å². The van der Waals surface area contributed by atoms with E-state index >= 15 is 0 Å². The first-order valence-electron chi connectivity index (χ1n) is 9.82. The van der Waals surface area contributed by atoms with E-state index in [1.54, 1.807) is 0 Å². The van der Waals surface area contributed by atoms with Gasteiger partial charge in [-0.1, -0.05) is 48.5 Å². The van der Waals surface area contributed by atoms with Crippen LogP contribution >= 0.6 is 23.5 Å². The summed E-state index contributed by atoms with van der Waals surface area (Å²) in [5.74, 6) is -0.717. The van der Waals surface area contributed by atoms with Crippen molar-refractivity contribution in [2.75, 3.05) is 11.5 Å². The molecule has 1 heterocycles. The van der Waals surface area contributed by atoms with E-state index in [4.69, 9.17) is 10.2 Å². The standard InChI is InChI=1S/C24H23NO4S2/c26-22(27)12-14-30-24(31-15-13-23(28)29)19-6-3-4-17(16-19)8-10-20-11-9-18-5-1-2-7-21(18)25-20/h1-11,16,24H,12-15H2,(H,26,27)(H,28,29). The SMILES string of the molecule is O=C(O)CCSC(SCCC(=O)O)c1cccc(C=Cc2ccc3ccccc3n2)c1. The lowest BCUT2D eigenvalue weighted by atomic mass is 10.1. The molecule has 160 valence electrons.